The van der Waals surface area contributed by atoms with E-state index in [-0.39, 0.29) is 30.4 Å². The fourth-order valence-corrected chi connectivity index (χ4v) is 1.76. The molecule has 1 atom stereocenters. The van der Waals surface area contributed by atoms with Gasteiger partial charge in [-0.3, -0.25) is 14.4 Å². The second kappa shape index (κ2) is 8.28. The first-order chi connectivity index (χ1) is 9.96. The van der Waals surface area contributed by atoms with Crippen molar-refractivity contribution in [3.63, 3.8) is 0 Å². The maximum Gasteiger partial charge on any atom is 0.220 e. The highest BCUT2D eigenvalue weighted by molar-refractivity contribution is 5.88. The molecule has 1 N–H and O–H groups in total. The van der Waals surface area contributed by atoms with Gasteiger partial charge < -0.3 is 5.32 Å². The van der Waals surface area contributed by atoms with Crippen molar-refractivity contribution in [2.24, 2.45) is 0 Å². The zero-order chi connectivity index (χ0) is 15.8. The normalized spacial score (nSPS) is 12.0. The first kappa shape index (κ1) is 17.0. The van der Waals surface area contributed by atoms with Crippen molar-refractivity contribution in [3.8, 4) is 0 Å². The summed E-state index contributed by atoms with van der Waals surface area (Å²) in [5.41, 5.74) is 0.656. The van der Waals surface area contributed by atoms with Gasteiger partial charge in [0, 0.05) is 31.9 Å². The standard InChI is InChI=1S/C14H22N4O3/c1-4-12(19)9-18-8-11(16-17-18)6-7-14(21)15-10(3)13(20)5-2/h8,10H,4-7,9H2,1-3H3,(H,15,21). The summed E-state index contributed by atoms with van der Waals surface area (Å²) in [5.74, 6) is -0.105. The molecule has 0 saturated heterocycles. The molecule has 1 heterocycles. The summed E-state index contributed by atoms with van der Waals surface area (Å²) in [4.78, 5) is 34.4. The van der Waals surface area contributed by atoms with Gasteiger partial charge in [-0.25, -0.2) is 4.68 Å². The lowest BCUT2D eigenvalue weighted by Gasteiger charge is -2.11. The van der Waals surface area contributed by atoms with E-state index in [4.69, 9.17) is 0 Å². The number of carbonyl (C=O) groups excluding carboxylic acids is 3. The molecule has 1 rings (SSSR count). The van der Waals surface area contributed by atoms with Crippen LogP contribution >= 0.6 is 0 Å². The van der Waals surface area contributed by atoms with E-state index in [0.29, 0.717) is 25.0 Å². The molecule has 0 bridgehead atoms. The molecular formula is C14H22N4O3. The third-order valence-corrected chi connectivity index (χ3v) is 3.14. The highest BCUT2D eigenvalue weighted by Crippen LogP contribution is 2.00. The van der Waals surface area contributed by atoms with Gasteiger partial charge in [0.25, 0.3) is 0 Å². The molecule has 1 aromatic rings. The molecular weight excluding hydrogens is 272 g/mol. The molecule has 0 aliphatic heterocycles. The number of hydrogen-bond donors (Lipinski definition) is 1. The molecule has 0 radical (unpaired) electrons. The van der Waals surface area contributed by atoms with Crippen molar-refractivity contribution < 1.29 is 14.4 Å². The van der Waals surface area contributed by atoms with Gasteiger partial charge >= 0.3 is 0 Å². The van der Waals surface area contributed by atoms with Gasteiger partial charge in [-0.15, -0.1) is 5.10 Å². The SMILES string of the molecule is CCC(=O)Cn1cc(CCC(=O)NC(C)C(=O)CC)nn1. The van der Waals surface area contributed by atoms with Crippen LogP contribution in [0.25, 0.3) is 0 Å². The third-order valence-electron chi connectivity index (χ3n) is 3.14. The summed E-state index contributed by atoms with van der Waals surface area (Å²) in [6.07, 6.45) is 3.20. The van der Waals surface area contributed by atoms with Crippen LogP contribution in [0, 0.1) is 0 Å². The van der Waals surface area contributed by atoms with Crippen molar-refractivity contribution in [2.75, 3.05) is 0 Å². The number of hydrogen-bond acceptors (Lipinski definition) is 5. The molecule has 0 aliphatic carbocycles. The van der Waals surface area contributed by atoms with E-state index in [1.807, 2.05) is 0 Å². The molecule has 1 amide bonds. The Morgan fingerprint density at radius 2 is 2.00 bits per heavy atom. The van der Waals surface area contributed by atoms with Gasteiger partial charge in [0.15, 0.2) is 11.6 Å². The van der Waals surface area contributed by atoms with Crippen LogP contribution in [0.15, 0.2) is 6.20 Å². The van der Waals surface area contributed by atoms with Crippen molar-refractivity contribution in [1.29, 1.82) is 0 Å². The summed E-state index contributed by atoms with van der Waals surface area (Å²) in [6, 6.07) is -0.458. The summed E-state index contributed by atoms with van der Waals surface area (Å²) in [5, 5.41) is 10.4. The van der Waals surface area contributed by atoms with E-state index >= 15 is 0 Å². The monoisotopic (exact) mass is 294 g/mol. The number of rotatable bonds is 9. The fourth-order valence-electron chi connectivity index (χ4n) is 1.76. The topological polar surface area (TPSA) is 94.0 Å². The van der Waals surface area contributed by atoms with Crippen LogP contribution in [0.4, 0.5) is 0 Å². The van der Waals surface area contributed by atoms with Gasteiger partial charge in [0.1, 0.15) is 6.54 Å². The van der Waals surface area contributed by atoms with Gasteiger partial charge in [-0.2, -0.15) is 0 Å². The maximum absolute atomic E-state index is 11.7. The molecule has 0 fully saturated rings. The number of aryl methyl sites for hydroxylation is 1. The summed E-state index contributed by atoms with van der Waals surface area (Å²) in [7, 11) is 0. The van der Waals surface area contributed by atoms with Crippen LogP contribution in [0.5, 0.6) is 0 Å². The number of nitrogens with zero attached hydrogens (tertiary/aromatic N) is 3. The van der Waals surface area contributed by atoms with E-state index in [1.54, 1.807) is 27.0 Å². The predicted molar refractivity (Wildman–Crippen MR) is 76.5 cm³/mol. The molecule has 116 valence electrons. The van der Waals surface area contributed by atoms with E-state index in [0.717, 1.165) is 0 Å². The average molecular weight is 294 g/mol. The number of carbonyl (C=O) groups is 3. The number of aromatic nitrogens is 3. The lowest BCUT2D eigenvalue weighted by Crippen LogP contribution is -2.38. The van der Waals surface area contributed by atoms with Crippen molar-refractivity contribution >= 4 is 17.5 Å². The van der Waals surface area contributed by atoms with Crippen molar-refractivity contribution in [1.82, 2.24) is 20.3 Å². The van der Waals surface area contributed by atoms with E-state index in [1.165, 1.54) is 4.68 Å². The first-order valence-corrected chi connectivity index (χ1v) is 7.19. The Hall–Kier alpha value is -2.05. The predicted octanol–water partition coefficient (Wildman–Crippen LogP) is 0.674. The first-order valence-electron chi connectivity index (χ1n) is 7.19. The zero-order valence-electron chi connectivity index (χ0n) is 12.8. The zero-order valence-corrected chi connectivity index (χ0v) is 12.8. The fraction of sp³-hybridized carbons (Fsp3) is 0.643. The van der Waals surface area contributed by atoms with Crippen LogP contribution in [0.3, 0.4) is 0 Å². The average Bonchev–Trinajstić information content (AvgIpc) is 2.91. The Bertz CT molecular complexity index is 510. The lowest BCUT2D eigenvalue weighted by atomic mass is 10.1. The largest absolute Gasteiger partial charge is 0.347 e. The Labute approximate surface area is 124 Å². The minimum Gasteiger partial charge on any atom is -0.347 e. The minimum atomic E-state index is -0.458. The highest BCUT2D eigenvalue weighted by Gasteiger charge is 2.14. The van der Waals surface area contributed by atoms with Gasteiger partial charge in [0.05, 0.1) is 11.7 Å². The van der Waals surface area contributed by atoms with Crippen molar-refractivity contribution in [3.05, 3.63) is 11.9 Å². The maximum atomic E-state index is 11.7. The molecule has 0 aliphatic rings. The number of ketones is 2. The Morgan fingerprint density at radius 1 is 1.29 bits per heavy atom. The Balaban J connectivity index is 2.39. The molecule has 1 unspecified atom stereocenters. The lowest BCUT2D eigenvalue weighted by molar-refractivity contribution is -0.127. The van der Waals surface area contributed by atoms with Gasteiger partial charge in [0.2, 0.25) is 5.91 Å². The van der Waals surface area contributed by atoms with E-state index in [9.17, 15) is 14.4 Å². The van der Waals surface area contributed by atoms with Crippen LogP contribution in [0.1, 0.15) is 45.7 Å². The van der Waals surface area contributed by atoms with Crippen molar-refractivity contribution in [2.45, 2.75) is 59.0 Å². The minimum absolute atomic E-state index is 0.00683. The molecule has 7 heteroatoms. The molecule has 7 nitrogen and oxygen atoms in total. The smallest absolute Gasteiger partial charge is 0.220 e. The number of amides is 1. The van der Waals surface area contributed by atoms with Crippen LogP contribution < -0.4 is 5.32 Å². The number of nitrogens with one attached hydrogen (secondary N) is 1. The molecule has 21 heavy (non-hydrogen) atoms. The Kier molecular flexibility index (Phi) is 6.71. The molecule has 1 aromatic heterocycles. The highest BCUT2D eigenvalue weighted by atomic mass is 16.2. The van der Waals surface area contributed by atoms with Crippen LogP contribution in [0.2, 0.25) is 0 Å². The summed E-state index contributed by atoms with van der Waals surface area (Å²) in [6.45, 7) is 5.44. The summed E-state index contributed by atoms with van der Waals surface area (Å²) < 4.78 is 1.47. The second-order valence-corrected chi connectivity index (χ2v) is 4.91. The quantitative estimate of drug-likeness (QED) is 0.722. The van der Waals surface area contributed by atoms with Crippen LogP contribution in [-0.2, 0) is 27.3 Å². The van der Waals surface area contributed by atoms with E-state index in [2.05, 4.69) is 15.6 Å². The van der Waals surface area contributed by atoms with Gasteiger partial charge in [-0.1, -0.05) is 19.1 Å². The summed E-state index contributed by atoms with van der Waals surface area (Å²) >= 11 is 0. The third kappa shape index (κ3) is 5.85. The molecule has 0 saturated carbocycles. The van der Waals surface area contributed by atoms with Gasteiger partial charge in [-0.05, 0) is 6.92 Å². The molecule has 0 spiro atoms. The van der Waals surface area contributed by atoms with E-state index < -0.39 is 6.04 Å². The number of Topliss-reactive ketones (excluding diaryl/α,β-unsaturated/α-hetero) is 2. The van der Waals surface area contributed by atoms with Crippen LogP contribution in [-0.4, -0.2) is 38.5 Å². The molecule has 0 aromatic carbocycles. The Morgan fingerprint density at radius 3 is 2.62 bits per heavy atom. The second-order valence-electron chi connectivity index (χ2n) is 4.91.